The van der Waals surface area contributed by atoms with Crippen LogP contribution in [-0.4, -0.2) is 27.6 Å². The van der Waals surface area contributed by atoms with Gasteiger partial charge in [0, 0.05) is 11.6 Å². The molecule has 0 spiro atoms. The van der Waals surface area contributed by atoms with E-state index in [1.807, 2.05) is 39.8 Å². The Bertz CT molecular complexity index is 1060. The predicted octanol–water partition coefficient (Wildman–Crippen LogP) is 4.53. The van der Waals surface area contributed by atoms with Crippen LogP contribution in [0, 0.1) is 13.8 Å². The Kier molecular flexibility index (Phi) is 6.03. The summed E-state index contributed by atoms with van der Waals surface area (Å²) in [5, 5.41) is 10.7. The lowest BCUT2D eigenvalue weighted by atomic mass is 10.1. The van der Waals surface area contributed by atoms with Crippen molar-refractivity contribution >= 4 is 29.1 Å². The fourth-order valence-electron chi connectivity index (χ4n) is 2.95. The first-order valence-electron chi connectivity index (χ1n) is 9.31. The van der Waals surface area contributed by atoms with Crippen LogP contribution in [0.4, 0.5) is 5.69 Å². The van der Waals surface area contributed by atoms with E-state index in [0.717, 1.165) is 17.1 Å². The molecule has 6 nitrogen and oxygen atoms in total. The smallest absolute Gasteiger partial charge is 0.255 e. The summed E-state index contributed by atoms with van der Waals surface area (Å²) in [7, 11) is 0. The second-order valence-electron chi connectivity index (χ2n) is 7.07. The summed E-state index contributed by atoms with van der Waals surface area (Å²) >= 11 is 6.21. The van der Waals surface area contributed by atoms with E-state index in [1.54, 1.807) is 41.1 Å². The minimum absolute atomic E-state index is 0.00157. The van der Waals surface area contributed by atoms with Gasteiger partial charge in [0.25, 0.3) is 11.8 Å². The molecule has 0 radical (unpaired) electrons. The normalized spacial score (nSPS) is 10.8. The Morgan fingerprint density at radius 1 is 1.00 bits per heavy atom. The SMILES string of the molecule is Cc1nn(-c2ccc(C(=O)Nc3ccccc3C(=O)NC(C)C)cc2)c(C)c1Cl. The van der Waals surface area contributed by atoms with Crippen LogP contribution in [0.15, 0.2) is 48.5 Å². The first kappa shape index (κ1) is 20.6. The minimum atomic E-state index is -0.298. The summed E-state index contributed by atoms with van der Waals surface area (Å²) < 4.78 is 1.74. The number of rotatable bonds is 5. The lowest BCUT2D eigenvalue weighted by Gasteiger charge is -2.13. The van der Waals surface area contributed by atoms with Gasteiger partial charge in [-0.3, -0.25) is 9.59 Å². The van der Waals surface area contributed by atoms with E-state index in [2.05, 4.69) is 15.7 Å². The predicted molar refractivity (Wildman–Crippen MR) is 115 cm³/mol. The van der Waals surface area contributed by atoms with Crippen molar-refractivity contribution in [3.05, 3.63) is 76.1 Å². The molecule has 2 amide bonds. The number of nitrogens with zero attached hydrogens (tertiary/aromatic N) is 2. The number of nitrogens with one attached hydrogen (secondary N) is 2. The van der Waals surface area contributed by atoms with Crippen LogP contribution >= 0.6 is 11.6 Å². The van der Waals surface area contributed by atoms with Crippen LogP contribution in [0.5, 0.6) is 0 Å². The lowest BCUT2D eigenvalue weighted by Crippen LogP contribution is -2.31. The van der Waals surface area contributed by atoms with Gasteiger partial charge in [-0.15, -0.1) is 0 Å². The number of aromatic nitrogens is 2. The van der Waals surface area contributed by atoms with Gasteiger partial charge in [-0.25, -0.2) is 4.68 Å². The van der Waals surface area contributed by atoms with Gasteiger partial charge in [-0.05, 0) is 64.1 Å². The van der Waals surface area contributed by atoms with Crippen LogP contribution in [0.1, 0.15) is 46.0 Å². The van der Waals surface area contributed by atoms with Gasteiger partial charge < -0.3 is 10.6 Å². The van der Waals surface area contributed by atoms with E-state index in [9.17, 15) is 9.59 Å². The molecule has 0 saturated carbocycles. The average Bonchev–Trinajstić information content (AvgIpc) is 2.95. The zero-order chi connectivity index (χ0) is 21.1. The molecule has 3 rings (SSSR count). The molecular weight excluding hydrogens is 388 g/mol. The van der Waals surface area contributed by atoms with Crippen molar-refractivity contribution in [3.63, 3.8) is 0 Å². The minimum Gasteiger partial charge on any atom is -0.350 e. The largest absolute Gasteiger partial charge is 0.350 e. The molecule has 0 aliphatic rings. The molecule has 0 aliphatic carbocycles. The first-order chi connectivity index (χ1) is 13.8. The van der Waals surface area contributed by atoms with Gasteiger partial charge in [0.05, 0.1) is 33.3 Å². The molecule has 0 aliphatic heterocycles. The maximum atomic E-state index is 12.7. The van der Waals surface area contributed by atoms with E-state index < -0.39 is 0 Å². The van der Waals surface area contributed by atoms with Crippen LogP contribution in [-0.2, 0) is 0 Å². The van der Waals surface area contributed by atoms with E-state index >= 15 is 0 Å². The summed E-state index contributed by atoms with van der Waals surface area (Å²) in [6.45, 7) is 7.51. The number of hydrogen-bond acceptors (Lipinski definition) is 3. The highest BCUT2D eigenvalue weighted by atomic mass is 35.5. The van der Waals surface area contributed by atoms with Gasteiger partial charge in [-0.1, -0.05) is 23.7 Å². The summed E-state index contributed by atoms with van der Waals surface area (Å²) in [5.41, 5.74) is 3.76. The highest BCUT2D eigenvalue weighted by molar-refractivity contribution is 6.31. The monoisotopic (exact) mass is 410 g/mol. The Balaban J connectivity index is 1.80. The molecule has 1 aromatic heterocycles. The number of carbonyl (C=O) groups is 2. The molecule has 7 heteroatoms. The highest BCUT2D eigenvalue weighted by Crippen LogP contribution is 2.23. The zero-order valence-corrected chi connectivity index (χ0v) is 17.5. The number of benzene rings is 2. The fourth-order valence-corrected chi connectivity index (χ4v) is 3.07. The van der Waals surface area contributed by atoms with Crippen molar-refractivity contribution in [2.24, 2.45) is 0 Å². The zero-order valence-electron chi connectivity index (χ0n) is 16.8. The number of para-hydroxylation sites is 1. The second kappa shape index (κ2) is 8.49. The van der Waals surface area contributed by atoms with E-state index in [1.165, 1.54) is 0 Å². The molecule has 0 atom stereocenters. The second-order valence-corrected chi connectivity index (χ2v) is 7.45. The average molecular weight is 411 g/mol. The van der Waals surface area contributed by atoms with Crippen molar-refractivity contribution in [2.75, 3.05) is 5.32 Å². The number of halogens is 1. The summed E-state index contributed by atoms with van der Waals surface area (Å²) in [4.78, 5) is 25.1. The third-order valence-corrected chi connectivity index (χ3v) is 4.96. The van der Waals surface area contributed by atoms with E-state index in [0.29, 0.717) is 21.8 Å². The number of hydrogen-bond donors (Lipinski definition) is 2. The number of aryl methyl sites for hydroxylation is 1. The van der Waals surface area contributed by atoms with Crippen LogP contribution < -0.4 is 10.6 Å². The van der Waals surface area contributed by atoms with Crippen molar-refractivity contribution in [1.82, 2.24) is 15.1 Å². The Morgan fingerprint density at radius 3 is 2.24 bits per heavy atom. The number of carbonyl (C=O) groups excluding carboxylic acids is 2. The standard InChI is InChI=1S/C22H23ClN4O2/c1-13(2)24-22(29)18-7-5-6-8-19(18)25-21(28)16-9-11-17(12-10-16)27-15(4)20(23)14(3)26-27/h5-13H,1-4H3,(H,24,29)(H,25,28). The van der Waals surface area contributed by atoms with Gasteiger partial charge >= 0.3 is 0 Å². The molecule has 29 heavy (non-hydrogen) atoms. The molecule has 2 aromatic carbocycles. The summed E-state index contributed by atoms with van der Waals surface area (Å²) in [6.07, 6.45) is 0. The molecule has 1 heterocycles. The van der Waals surface area contributed by atoms with E-state index in [4.69, 9.17) is 11.6 Å². The van der Waals surface area contributed by atoms with Crippen LogP contribution in [0.25, 0.3) is 5.69 Å². The molecule has 0 unspecified atom stereocenters. The maximum Gasteiger partial charge on any atom is 0.255 e. The van der Waals surface area contributed by atoms with E-state index in [-0.39, 0.29) is 17.9 Å². The van der Waals surface area contributed by atoms with Crippen LogP contribution in [0.2, 0.25) is 5.02 Å². The Hall–Kier alpha value is -3.12. The quantitative estimate of drug-likeness (QED) is 0.648. The van der Waals surface area contributed by atoms with Gasteiger partial charge in [-0.2, -0.15) is 5.10 Å². The summed E-state index contributed by atoms with van der Waals surface area (Å²) in [5.74, 6) is -0.527. The molecule has 0 saturated heterocycles. The first-order valence-corrected chi connectivity index (χ1v) is 9.69. The third kappa shape index (κ3) is 4.49. The molecule has 3 aromatic rings. The van der Waals surface area contributed by atoms with Crippen molar-refractivity contribution < 1.29 is 9.59 Å². The molecule has 150 valence electrons. The van der Waals surface area contributed by atoms with Crippen molar-refractivity contribution in [2.45, 2.75) is 33.7 Å². The molecule has 2 N–H and O–H groups in total. The highest BCUT2D eigenvalue weighted by Gasteiger charge is 2.15. The maximum absolute atomic E-state index is 12.7. The van der Waals surface area contributed by atoms with Crippen molar-refractivity contribution in [1.29, 1.82) is 0 Å². The molecule has 0 bridgehead atoms. The topological polar surface area (TPSA) is 76.0 Å². The number of anilines is 1. The van der Waals surface area contributed by atoms with Gasteiger partial charge in [0.1, 0.15) is 0 Å². The Labute approximate surface area is 174 Å². The van der Waals surface area contributed by atoms with Crippen molar-refractivity contribution in [3.8, 4) is 5.69 Å². The molecular formula is C22H23ClN4O2. The van der Waals surface area contributed by atoms with Crippen LogP contribution in [0.3, 0.4) is 0 Å². The summed E-state index contributed by atoms with van der Waals surface area (Å²) in [6, 6.07) is 14.0. The third-order valence-electron chi connectivity index (χ3n) is 4.42. The lowest BCUT2D eigenvalue weighted by molar-refractivity contribution is 0.0944. The fraction of sp³-hybridized carbons (Fsp3) is 0.227. The molecule has 0 fully saturated rings. The van der Waals surface area contributed by atoms with Gasteiger partial charge in [0.15, 0.2) is 0 Å². The Morgan fingerprint density at radius 2 is 1.66 bits per heavy atom. The number of amides is 2. The van der Waals surface area contributed by atoms with Gasteiger partial charge in [0.2, 0.25) is 0 Å².